The molecule has 1 N–H and O–H groups in total. The third-order valence-electron chi connectivity index (χ3n) is 3.11. The minimum absolute atomic E-state index is 0.272. The summed E-state index contributed by atoms with van der Waals surface area (Å²) >= 11 is 6.06. The number of aromatic nitrogens is 2. The number of nitrogens with zero attached hydrogens (tertiary/aromatic N) is 2. The molecule has 0 saturated carbocycles. The molecular weight excluding hydrogens is 295 g/mol. The number of aryl methyl sites for hydroxylation is 1. The van der Waals surface area contributed by atoms with Crippen molar-refractivity contribution < 1.29 is 14.3 Å². The van der Waals surface area contributed by atoms with Gasteiger partial charge in [-0.25, -0.2) is 9.18 Å². The Labute approximate surface area is 126 Å². The van der Waals surface area contributed by atoms with Crippen LogP contribution in [0.5, 0.6) is 0 Å². The van der Waals surface area contributed by atoms with Crippen molar-refractivity contribution in [1.82, 2.24) is 9.78 Å². The van der Waals surface area contributed by atoms with Crippen LogP contribution in [0.25, 0.3) is 6.08 Å². The van der Waals surface area contributed by atoms with Gasteiger partial charge < -0.3 is 5.11 Å². The number of benzene rings is 1. The van der Waals surface area contributed by atoms with Crippen molar-refractivity contribution in [3.63, 3.8) is 0 Å². The number of carboxylic acids is 1. The van der Waals surface area contributed by atoms with Crippen LogP contribution in [0, 0.1) is 19.7 Å². The largest absolute Gasteiger partial charge is 0.478 e. The molecule has 0 aliphatic heterocycles. The summed E-state index contributed by atoms with van der Waals surface area (Å²) in [6.07, 6.45) is 2.31. The molecule has 0 radical (unpaired) electrons. The van der Waals surface area contributed by atoms with E-state index < -0.39 is 11.8 Å². The lowest BCUT2D eigenvalue weighted by Crippen LogP contribution is -2.06. The summed E-state index contributed by atoms with van der Waals surface area (Å²) < 4.78 is 15.7. The number of rotatable bonds is 4. The van der Waals surface area contributed by atoms with Crippen LogP contribution in [-0.4, -0.2) is 20.9 Å². The van der Waals surface area contributed by atoms with E-state index in [1.54, 1.807) is 23.7 Å². The summed E-state index contributed by atoms with van der Waals surface area (Å²) in [6, 6.07) is 4.56. The molecule has 0 saturated heterocycles. The molecule has 0 spiro atoms. The van der Waals surface area contributed by atoms with Gasteiger partial charge in [-0.15, -0.1) is 0 Å². The van der Waals surface area contributed by atoms with Crippen molar-refractivity contribution in [2.75, 3.05) is 0 Å². The van der Waals surface area contributed by atoms with Crippen molar-refractivity contribution >= 4 is 23.6 Å². The number of hydrogen-bond donors (Lipinski definition) is 1. The van der Waals surface area contributed by atoms with Gasteiger partial charge in [-0.3, -0.25) is 4.68 Å². The highest BCUT2D eigenvalue weighted by Crippen LogP contribution is 2.21. The molecule has 0 aliphatic carbocycles. The van der Waals surface area contributed by atoms with Gasteiger partial charge >= 0.3 is 5.97 Å². The summed E-state index contributed by atoms with van der Waals surface area (Å²) in [7, 11) is 0. The monoisotopic (exact) mass is 308 g/mol. The molecule has 0 atom stereocenters. The highest BCUT2D eigenvalue weighted by Gasteiger charge is 2.11. The Morgan fingerprint density at radius 2 is 2.19 bits per heavy atom. The first-order chi connectivity index (χ1) is 9.88. The molecule has 1 aromatic heterocycles. The quantitative estimate of drug-likeness (QED) is 0.880. The molecule has 110 valence electrons. The van der Waals surface area contributed by atoms with Crippen molar-refractivity contribution in [2.24, 2.45) is 0 Å². The maximum Gasteiger partial charge on any atom is 0.328 e. The van der Waals surface area contributed by atoms with Crippen LogP contribution in [0.3, 0.4) is 0 Å². The van der Waals surface area contributed by atoms with Crippen molar-refractivity contribution in [3.05, 3.63) is 57.6 Å². The van der Waals surface area contributed by atoms with Crippen LogP contribution in [-0.2, 0) is 11.3 Å². The van der Waals surface area contributed by atoms with Gasteiger partial charge in [0.1, 0.15) is 5.82 Å². The minimum atomic E-state index is -1.07. The average Bonchev–Trinajstić information content (AvgIpc) is 2.66. The van der Waals surface area contributed by atoms with Gasteiger partial charge in [-0.05, 0) is 31.6 Å². The topological polar surface area (TPSA) is 55.1 Å². The molecule has 0 bridgehead atoms. The van der Waals surface area contributed by atoms with Gasteiger partial charge in [0.2, 0.25) is 0 Å². The van der Waals surface area contributed by atoms with Gasteiger partial charge in [0.05, 0.1) is 23.0 Å². The smallest absolute Gasteiger partial charge is 0.328 e. The SMILES string of the molecule is Cc1nn(Cc2ccc(C=CC(=O)O)cc2F)c(C)c1Cl. The normalized spacial score (nSPS) is 11.2. The third-order valence-corrected chi connectivity index (χ3v) is 3.66. The van der Waals surface area contributed by atoms with Gasteiger partial charge in [-0.1, -0.05) is 23.7 Å². The Morgan fingerprint density at radius 3 is 2.71 bits per heavy atom. The number of hydrogen-bond acceptors (Lipinski definition) is 2. The standard InChI is InChI=1S/C15H14ClFN2O2/c1-9-15(16)10(2)19(18-9)8-12-5-3-11(7-13(12)17)4-6-14(20)21/h3-7H,8H2,1-2H3,(H,20,21). The van der Waals surface area contributed by atoms with E-state index in [2.05, 4.69) is 5.10 Å². The molecule has 0 aliphatic rings. The highest BCUT2D eigenvalue weighted by molar-refractivity contribution is 6.31. The van der Waals surface area contributed by atoms with Gasteiger partial charge in [0, 0.05) is 11.6 Å². The van der Waals surface area contributed by atoms with E-state index in [4.69, 9.17) is 16.7 Å². The number of carbonyl (C=O) groups is 1. The van der Waals surface area contributed by atoms with Crippen LogP contribution >= 0.6 is 11.6 Å². The van der Waals surface area contributed by atoms with Crippen LogP contribution in [0.1, 0.15) is 22.5 Å². The lowest BCUT2D eigenvalue weighted by Gasteiger charge is -2.07. The first-order valence-corrected chi connectivity index (χ1v) is 6.65. The predicted octanol–water partition coefficient (Wildman–Crippen LogP) is 3.44. The summed E-state index contributed by atoms with van der Waals surface area (Å²) in [6.45, 7) is 3.89. The Hall–Kier alpha value is -2.14. The maximum absolute atomic E-state index is 14.0. The van der Waals surface area contributed by atoms with E-state index in [1.807, 2.05) is 6.92 Å². The van der Waals surface area contributed by atoms with Crippen LogP contribution in [0.4, 0.5) is 4.39 Å². The zero-order valence-corrected chi connectivity index (χ0v) is 12.4. The molecule has 6 heteroatoms. The van der Waals surface area contributed by atoms with E-state index in [1.165, 1.54) is 12.1 Å². The summed E-state index contributed by atoms with van der Waals surface area (Å²) in [5.41, 5.74) is 2.44. The van der Waals surface area contributed by atoms with Crippen molar-refractivity contribution in [3.8, 4) is 0 Å². The minimum Gasteiger partial charge on any atom is -0.478 e. The second-order valence-electron chi connectivity index (χ2n) is 4.66. The lowest BCUT2D eigenvalue weighted by molar-refractivity contribution is -0.131. The van der Waals surface area contributed by atoms with Crippen LogP contribution < -0.4 is 0 Å². The average molecular weight is 309 g/mol. The maximum atomic E-state index is 14.0. The van der Waals surface area contributed by atoms with E-state index in [-0.39, 0.29) is 6.54 Å². The fourth-order valence-corrected chi connectivity index (χ4v) is 2.09. The first kappa shape index (κ1) is 15.3. The Bertz CT molecular complexity index is 723. The summed E-state index contributed by atoms with van der Waals surface area (Å²) in [5.74, 6) is -1.48. The molecule has 0 unspecified atom stereocenters. The molecule has 4 nitrogen and oxygen atoms in total. The number of aliphatic carboxylic acids is 1. The third kappa shape index (κ3) is 3.49. The van der Waals surface area contributed by atoms with E-state index in [0.717, 1.165) is 11.8 Å². The van der Waals surface area contributed by atoms with Crippen molar-refractivity contribution in [1.29, 1.82) is 0 Å². The summed E-state index contributed by atoms with van der Waals surface area (Å²) in [4.78, 5) is 10.4. The van der Waals surface area contributed by atoms with Crippen LogP contribution in [0.15, 0.2) is 24.3 Å². The van der Waals surface area contributed by atoms with Gasteiger partial charge in [0.15, 0.2) is 0 Å². The Kier molecular flexibility index (Phi) is 4.43. The van der Waals surface area contributed by atoms with Gasteiger partial charge in [0.25, 0.3) is 0 Å². The zero-order chi connectivity index (χ0) is 15.6. The Balaban J connectivity index is 2.25. The second kappa shape index (κ2) is 6.10. The molecule has 21 heavy (non-hydrogen) atoms. The van der Waals surface area contributed by atoms with E-state index >= 15 is 0 Å². The second-order valence-corrected chi connectivity index (χ2v) is 5.04. The molecule has 2 aromatic rings. The molecule has 0 amide bonds. The predicted molar refractivity (Wildman–Crippen MR) is 78.9 cm³/mol. The van der Waals surface area contributed by atoms with E-state index in [9.17, 15) is 9.18 Å². The fraction of sp³-hybridized carbons (Fsp3) is 0.200. The number of carboxylic acid groups (broad SMARTS) is 1. The zero-order valence-electron chi connectivity index (χ0n) is 11.6. The Morgan fingerprint density at radius 1 is 1.48 bits per heavy atom. The van der Waals surface area contributed by atoms with E-state index in [0.29, 0.717) is 21.8 Å². The molecule has 2 rings (SSSR count). The lowest BCUT2D eigenvalue weighted by atomic mass is 10.1. The molecule has 1 heterocycles. The molecule has 1 aromatic carbocycles. The first-order valence-electron chi connectivity index (χ1n) is 6.27. The highest BCUT2D eigenvalue weighted by atomic mass is 35.5. The van der Waals surface area contributed by atoms with Crippen LogP contribution in [0.2, 0.25) is 5.02 Å². The fourth-order valence-electron chi connectivity index (χ4n) is 1.95. The molecular formula is C15H14ClFN2O2. The number of halogens is 2. The summed E-state index contributed by atoms with van der Waals surface area (Å²) in [5, 5.41) is 13.4. The van der Waals surface area contributed by atoms with Crippen molar-refractivity contribution in [2.45, 2.75) is 20.4 Å². The molecule has 0 fully saturated rings. The van der Waals surface area contributed by atoms with Gasteiger partial charge in [-0.2, -0.15) is 5.10 Å².